The molecule has 0 saturated carbocycles. The normalized spacial score (nSPS) is 15.7. The maximum atomic E-state index is 12.7. The maximum absolute atomic E-state index is 12.7. The molecule has 3 aromatic rings. The fourth-order valence-electron chi connectivity index (χ4n) is 3.71. The van der Waals surface area contributed by atoms with Crippen molar-refractivity contribution in [3.8, 4) is 5.75 Å². The molecule has 4 rings (SSSR count). The van der Waals surface area contributed by atoms with E-state index in [1.54, 1.807) is 13.4 Å². The highest BCUT2D eigenvalue weighted by atomic mass is 16.5. The van der Waals surface area contributed by atoms with Crippen LogP contribution in [-0.4, -0.2) is 47.5 Å². The zero-order valence-electron chi connectivity index (χ0n) is 15.4. The van der Waals surface area contributed by atoms with E-state index in [9.17, 15) is 4.79 Å². The van der Waals surface area contributed by atoms with Crippen molar-refractivity contribution in [1.82, 2.24) is 20.2 Å². The molecule has 0 aliphatic carbocycles. The van der Waals surface area contributed by atoms with Crippen LogP contribution in [0.3, 0.4) is 0 Å². The van der Waals surface area contributed by atoms with Crippen molar-refractivity contribution in [3.05, 3.63) is 59.9 Å². The first-order chi connectivity index (χ1) is 13.2. The quantitative estimate of drug-likeness (QED) is 0.705. The zero-order chi connectivity index (χ0) is 18.6. The van der Waals surface area contributed by atoms with E-state index in [4.69, 9.17) is 4.74 Å². The Morgan fingerprint density at radius 2 is 2.00 bits per heavy atom. The lowest BCUT2D eigenvalue weighted by Gasteiger charge is -2.28. The second kappa shape index (κ2) is 7.80. The number of aromatic nitrogens is 2. The fourth-order valence-corrected chi connectivity index (χ4v) is 3.71. The van der Waals surface area contributed by atoms with E-state index in [0.29, 0.717) is 12.1 Å². The summed E-state index contributed by atoms with van der Waals surface area (Å²) in [6.07, 6.45) is 4.05. The summed E-state index contributed by atoms with van der Waals surface area (Å²) in [5.74, 6) is 0.778. The lowest BCUT2D eigenvalue weighted by atomic mass is 10.0. The van der Waals surface area contributed by atoms with Gasteiger partial charge in [-0.15, -0.1) is 0 Å². The number of hydrogen-bond acceptors (Lipinski definition) is 4. The van der Waals surface area contributed by atoms with Crippen LogP contribution in [0.4, 0.5) is 0 Å². The molecular weight excluding hydrogens is 340 g/mol. The summed E-state index contributed by atoms with van der Waals surface area (Å²) in [5.41, 5.74) is 3.57. The van der Waals surface area contributed by atoms with Gasteiger partial charge in [0.25, 0.3) is 5.91 Å². The van der Waals surface area contributed by atoms with Gasteiger partial charge in [0.1, 0.15) is 5.75 Å². The molecule has 27 heavy (non-hydrogen) atoms. The van der Waals surface area contributed by atoms with Gasteiger partial charge >= 0.3 is 0 Å². The number of aromatic amines is 1. The van der Waals surface area contributed by atoms with Gasteiger partial charge < -0.3 is 15.0 Å². The molecule has 6 heteroatoms. The number of carbonyl (C=O) groups excluding carboxylic acids is 1. The lowest BCUT2D eigenvalue weighted by Crippen LogP contribution is -2.36. The largest absolute Gasteiger partial charge is 0.497 e. The van der Waals surface area contributed by atoms with E-state index < -0.39 is 0 Å². The number of nitrogens with zero attached hydrogens (tertiary/aromatic N) is 2. The van der Waals surface area contributed by atoms with Crippen LogP contribution in [0.1, 0.15) is 34.8 Å². The number of ether oxygens (including phenoxy) is 1. The number of fused-ring (bicyclic) bond motifs is 1. The number of hydrogen-bond donors (Lipinski definition) is 2. The Labute approximate surface area is 158 Å². The molecule has 1 amide bonds. The smallest absolute Gasteiger partial charge is 0.251 e. The molecule has 0 spiro atoms. The van der Waals surface area contributed by atoms with E-state index >= 15 is 0 Å². The van der Waals surface area contributed by atoms with Gasteiger partial charge in [-0.1, -0.05) is 12.1 Å². The standard InChI is InChI=1S/C21H24N4O2/c1-27-17-7-4-15(5-8-17)20(25-10-2-3-11-25)13-22-21(26)16-6-9-18-19(12-16)24-14-23-18/h4-9,12,14,20H,2-3,10-11,13H2,1H3,(H,22,26)(H,23,24). The number of benzene rings is 2. The van der Waals surface area contributed by atoms with Crippen molar-refractivity contribution in [2.75, 3.05) is 26.7 Å². The Balaban J connectivity index is 1.49. The van der Waals surface area contributed by atoms with Gasteiger partial charge in [-0.3, -0.25) is 9.69 Å². The van der Waals surface area contributed by atoms with Gasteiger partial charge in [-0.05, 0) is 61.8 Å². The second-order valence-corrected chi connectivity index (χ2v) is 6.88. The topological polar surface area (TPSA) is 70.2 Å². The van der Waals surface area contributed by atoms with Crippen LogP contribution in [-0.2, 0) is 0 Å². The maximum Gasteiger partial charge on any atom is 0.251 e. The molecule has 1 fully saturated rings. The highest BCUT2D eigenvalue weighted by Crippen LogP contribution is 2.26. The molecule has 140 valence electrons. The minimum absolute atomic E-state index is 0.0655. The van der Waals surface area contributed by atoms with Gasteiger partial charge in [-0.25, -0.2) is 4.98 Å². The van der Waals surface area contributed by atoms with Crippen molar-refractivity contribution in [1.29, 1.82) is 0 Å². The van der Waals surface area contributed by atoms with E-state index in [2.05, 4.69) is 32.3 Å². The summed E-state index contributed by atoms with van der Waals surface area (Å²) in [6, 6.07) is 13.8. The first-order valence-electron chi connectivity index (χ1n) is 9.34. The zero-order valence-corrected chi connectivity index (χ0v) is 15.4. The molecule has 6 nitrogen and oxygen atoms in total. The summed E-state index contributed by atoms with van der Waals surface area (Å²) in [4.78, 5) is 22.4. The predicted molar refractivity (Wildman–Crippen MR) is 105 cm³/mol. The molecule has 0 radical (unpaired) electrons. The molecule has 0 bridgehead atoms. The second-order valence-electron chi connectivity index (χ2n) is 6.88. The summed E-state index contributed by atoms with van der Waals surface area (Å²) >= 11 is 0. The Morgan fingerprint density at radius 1 is 1.22 bits per heavy atom. The Kier molecular flexibility index (Phi) is 5.07. The van der Waals surface area contributed by atoms with Gasteiger partial charge in [0.05, 0.1) is 30.5 Å². The Hall–Kier alpha value is -2.86. The molecule has 1 aromatic heterocycles. The predicted octanol–water partition coefficient (Wildman–Crippen LogP) is 3.14. The van der Waals surface area contributed by atoms with E-state index in [0.717, 1.165) is 29.9 Å². The molecule has 1 unspecified atom stereocenters. The van der Waals surface area contributed by atoms with Gasteiger partial charge in [0, 0.05) is 12.1 Å². The molecule has 1 saturated heterocycles. The summed E-state index contributed by atoms with van der Waals surface area (Å²) in [7, 11) is 1.67. The first kappa shape index (κ1) is 17.5. The molecular formula is C21H24N4O2. The van der Waals surface area contributed by atoms with Crippen molar-refractivity contribution in [2.24, 2.45) is 0 Å². The first-order valence-corrected chi connectivity index (χ1v) is 9.34. The molecule has 2 heterocycles. The molecule has 1 aliphatic rings. The molecule has 2 N–H and O–H groups in total. The molecule has 1 atom stereocenters. The van der Waals surface area contributed by atoms with Crippen LogP contribution in [0.15, 0.2) is 48.8 Å². The third-order valence-electron chi connectivity index (χ3n) is 5.22. The average Bonchev–Trinajstić information content (AvgIpc) is 3.40. The number of nitrogens with one attached hydrogen (secondary N) is 2. The van der Waals surface area contributed by atoms with Crippen molar-refractivity contribution in [3.63, 3.8) is 0 Å². The highest BCUT2D eigenvalue weighted by molar-refractivity contribution is 5.97. The van der Waals surface area contributed by atoms with E-state index in [1.807, 2.05) is 30.3 Å². The molecule has 1 aliphatic heterocycles. The van der Waals surface area contributed by atoms with Crippen LogP contribution in [0.5, 0.6) is 5.75 Å². The SMILES string of the molecule is COc1ccc(C(CNC(=O)c2ccc3nc[nH]c3c2)N2CCCC2)cc1. The van der Waals surface area contributed by atoms with Crippen molar-refractivity contribution >= 4 is 16.9 Å². The van der Waals surface area contributed by atoms with Crippen LogP contribution in [0, 0.1) is 0 Å². The lowest BCUT2D eigenvalue weighted by molar-refractivity contribution is 0.0938. The highest BCUT2D eigenvalue weighted by Gasteiger charge is 2.24. The summed E-state index contributed by atoms with van der Waals surface area (Å²) in [6.45, 7) is 2.70. The number of amides is 1. The van der Waals surface area contributed by atoms with Crippen LogP contribution < -0.4 is 10.1 Å². The average molecular weight is 364 g/mol. The fraction of sp³-hybridized carbons (Fsp3) is 0.333. The van der Waals surface area contributed by atoms with Crippen LogP contribution >= 0.6 is 0 Å². The van der Waals surface area contributed by atoms with E-state index in [-0.39, 0.29) is 11.9 Å². The third-order valence-corrected chi connectivity index (χ3v) is 5.22. The monoisotopic (exact) mass is 364 g/mol. The van der Waals surface area contributed by atoms with Crippen molar-refractivity contribution < 1.29 is 9.53 Å². The Morgan fingerprint density at radius 3 is 2.74 bits per heavy atom. The van der Waals surface area contributed by atoms with Gasteiger partial charge in [0.2, 0.25) is 0 Å². The van der Waals surface area contributed by atoms with E-state index in [1.165, 1.54) is 18.4 Å². The minimum atomic E-state index is -0.0655. The summed E-state index contributed by atoms with van der Waals surface area (Å²) < 4.78 is 5.27. The van der Waals surface area contributed by atoms with Gasteiger partial charge in [0.15, 0.2) is 0 Å². The van der Waals surface area contributed by atoms with Crippen LogP contribution in [0.25, 0.3) is 11.0 Å². The third kappa shape index (κ3) is 3.80. The number of methoxy groups -OCH3 is 1. The number of imidazole rings is 1. The molecule has 2 aromatic carbocycles. The summed E-state index contributed by atoms with van der Waals surface area (Å²) in [5, 5.41) is 3.11. The van der Waals surface area contributed by atoms with Gasteiger partial charge in [-0.2, -0.15) is 0 Å². The van der Waals surface area contributed by atoms with Crippen LogP contribution in [0.2, 0.25) is 0 Å². The number of likely N-dealkylation sites (tertiary alicyclic amines) is 1. The number of carbonyl (C=O) groups is 1. The number of H-pyrrole nitrogens is 1. The van der Waals surface area contributed by atoms with Crippen molar-refractivity contribution in [2.45, 2.75) is 18.9 Å². The Bertz CT molecular complexity index is 913. The minimum Gasteiger partial charge on any atom is -0.497 e. The number of rotatable bonds is 6.